The number of nitrogens with one attached hydrogen (secondary N) is 1. The fraction of sp³-hybridized carbons (Fsp3) is 0.429. The van der Waals surface area contributed by atoms with Crippen molar-refractivity contribution in [3.63, 3.8) is 0 Å². The Morgan fingerprint density at radius 3 is 2.94 bits per heavy atom. The van der Waals surface area contributed by atoms with Crippen LogP contribution < -0.4 is 5.32 Å². The van der Waals surface area contributed by atoms with Gasteiger partial charge in [-0.15, -0.1) is 0 Å². The number of benzene rings is 1. The van der Waals surface area contributed by atoms with Crippen LogP contribution in [-0.2, 0) is 6.54 Å². The first kappa shape index (κ1) is 9.91. The number of furan rings is 1. The van der Waals surface area contributed by atoms with E-state index in [1.165, 1.54) is 30.2 Å². The lowest BCUT2D eigenvalue weighted by Gasteiger charge is -2.25. The van der Waals surface area contributed by atoms with Gasteiger partial charge in [0.15, 0.2) is 0 Å². The van der Waals surface area contributed by atoms with Crippen LogP contribution in [0.1, 0.15) is 30.6 Å². The highest BCUT2D eigenvalue weighted by Crippen LogP contribution is 2.23. The van der Waals surface area contributed by atoms with Gasteiger partial charge >= 0.3 is 0 Å². The van der Waals surface area contributed by atoms with Gasteiger partial charge in [-0.2, -0.15) is 0 Å². The predicted molar refractivity (Wildman–Crippen MR) is 65.4 cm³/mol. The van der Waals surface area contributed by atoms with Crippen molar-refractivity contribution in [2.24, 2.45) is 0 Å². The number of fused-ring (bicyclic) bond motifs is 1. The van der Waals surface area contributed by atoms with Crippen LogP contribution in [-0.4, -0.2) is 6.04 Å². The minimum absolute atomic E-state index is 0.717. The average molecular weight is 215 g/mol. The molecule has 0 unspecified atom stereocenters. The molecule has 1 heterocycles. The van der Waals surface area contributed by atoms with Crippen molar-refractivity contribution in [3.05, 3.63) is 35.6 Å². The topological polar surface area (TPSA) is 25.2 Å². The Labute approximate surface area is 95.6 Å². The molecule has 16 heavy (non-hydrogen) atoms. The van der Waals surface area contributed by atoms with E-state index in [2.05, 4.69) is 36.5 Å². The van der Waals surface area contributed by atoms with E-state index in [9.17, 15) is 0 Å². The number of hydrogen-bond donors (Lipinski definition) is 1. The molecule has 1 fully saturated rings. The zero-order valence-electron chi connectivity index (χ0n) is 9.62. The summed E-state index contributed by atoms with van der Waals surface area (Å²) in [6.07, 6.45) is 4.01. The number of hydrogen-bond acceptors (Lipinski definition) is 2. The van der Waals surface area contributed by atoms with E-state index in [-0.39, 0.29) is 0 Å². The molecule has 0 radical (unpaired) electrons. The second-order valence-corrected chi connectivity index (χ2v) is 4.71. The molecule has 0 spiro atoms. The molecule has 1 N–H and O–H groups in total. The van der Waals surface area contributed by atoms with Crippen LogP contribution in [0.5, 0.6) is 0 Å². The lowest BCUT2D eigenvalue weighted by Crippen LogP contribution is -2.34. The maximum absolute atomic E-state index is 5.86. The smallest absolute Gasteiger partial charge is 0.137 e. The third kappa shape index (κ3) is 1.74. The van der Waals surface area contributed by atoms with Crippen LogP contribution in [0.3, 0.4) is 0 Å². The number of rotatable bonds is 3. The van der Waals surface area contributed by atoms with E-state index < -0.39 is 0 Å². The van der Waals surface area contributed by atoms with Crippen LogP contribution in [0.2, 0.25) is 0 Å². The molecule has 3 rings (SSSR count). The third-order valence-electron chi connectivity index (χ3n) is 3.46. The SMILES string of the molecule is Cc1cccc2cc(CNC3CCC3)oc12. The molecular weight excluding hydrogens is 198 g/mol. The largest absolute Gasteiger partial charge is 0.459 e. The minimum Gasteiger partial charge on any atom is -0.459 e. The summed E-state index contributed by atoms with van der Waals surface area (Å²) in [6.45, 7) is 2.95. The molecule has 2 aromatic rings. The van der Waals surface area contributed by atoms with Gasteiger partial charge in [0.05, 0.1) is 6.54 Å². The van der Waals surface area contributed by atoms with E-state index in [0.717, 1.165) is 17.9 Å². The minimum atomic E-state index is 0.717. The fourth-order valence-corrected chi connectivity index (χ4v) is 2.21. The maximum atomic E-state index is 5.86. The Hall–Kier alpha value is -1.28. The lowest BCUT2D eigenvalue weighted by atomic mass is 9.93. The molecule has 1 aromatic heterocycles. The van der Waals surface area contributed by atoms with Gasteiger partial charge < -0.3 is 9.73 Å². The molecular formula is C14H17NO. The van der Waals surface area contributed by atoms with E-state index in [1.54, 1.807) is 0 Å². The third-order valence-corrected chi connectivity index (χ3v) is 3.46. The van der Waals surface area contributed by atoms with Crippen molar-refractivity contribution in [2.75, 3.05) is 0 Å². The molecule has 2 heteroatoms. The van der Waals surface area contributed by atoms with Crippen molar-refractivity contribution in [1.82, 2.24) is 5.32 Å². The van der Waals surface area contributed by atoms with Crippen molar-refractivity contribution in [3.8, 4) is 0 Å². The summed E-state index contributed by atoms with van der Waals surface area (Å²) in [7, 11) is 0. The summed E-state index contributed by atoms with van der Waals surface area (Å²) >= 11 is 0. The summed E-state index contributed by atoms with van der Waals surface area (Å²) < 4.78 is 5.86. The van der Waals surface area contributed by atoms with E-state index in [0.29, 0.717) is 6.04 Å². The van der Waals surface area contributed by atoms with Gasteiger partial charge in [0.25, 0.3) is 0 Å². The molecule has 0 bridgehead atoms. The number of para-hydroxylation sites is 1. The summed E-state index contributed by atoms with van der Waals surface area (Å²) in [4.78, 5) is 0. The second kappa shape index (κ2) is 3.95. The highest BCUT2D eigenvalue weighted by atomic mass is 16.3. The normalized spacial score (nSPS) is 16.6. The van der Waals surface area contributed by atoms with Gasteiger partial charge in [-0.3, -0.25) is 0 Å². The van der Waals surface area contributed by atoms with Crippen LogP contribution in [0.4, 0.5) is 0 Å². The van der Waals surface area contributed by atoms with Crippen LogP contribution in [0.15, 0.2) is 28.7 Å². The van der Waals surface area contributed by atoms with Crippen LogP contribution >= 0.6 is 0 Å². The summed E-state index contributed by atoms with van der Waals surface area (Å²) in [5.74, 6) is 1.05. The second-order valence-electron chi connectivity index (χ2n) is 4.71. The standard InChI is InChI=1S/C14H17NO/c1-10-4-2-5-11-8-13(16-14(10)11)9-15-12-6-3-7-12/h2,4-5,8,12,15H,3,6-7,9H2,1H3. The molecule has 2 nitrogen and oxygen atoms in total. The van der Waals surface area contributed by atoms with Gasteiger partial charge in [-0.1, -0.05) is 24.6 Å². The molecule has 1 aromatic carbocycles. The molecule has 0 aliphatic heterocycles. The molecule has 0 atom stereocenters. The average Bonchev–Trinajstić information content (AvgIpc) is 2.60. The molecule has 84 valence electrons. The highest BCUT2D eigenvalue weighted by molar-refractivity contribution is 5.80. The maximum Gasteiger partial charge on any atom is 0.137 e. The van der Waals surface area contributed by atoms with Crippen molar-refractivity contribution >= 4 is 11.0 Å². The van der Waals surface area contributed by atoms with Gasteiger partial charge in [-0.25, -0.2) is 0 Å². The Kier molecular flexibility index (Phi) is 2.44. The molecule has 0 amide bonds. The number of aryl methyl sites for hydroxylation is 1. The van der Waals surface area contributed by atoms with E-state index >= 15 is 0 Å². The fourth-order valence-electron chi connectivity index (χ4n) is 2.21. The van der Waals surface area contributed by atoms with Crippen molar-refractivity contribution in [1.29, 1.82) is 0 Å². The molecule has 1 aliphatic carbocycles. The van der Waals surface area contributed by atoms with E-state index in [4.69, 9.17) is 4.42 Å². The summed E-state index contributed by atoms with van der Waals surface area (Å²) in [6, 6.07) is 9.15. The quantitative estimate of drug-likeness (QED) is 0.849. The summed E-state index contributed by atoms with van der Waals surface area (Å²) in [5.41, 5.74) is 2.25. The van der Waals surface area contributed by atoms with Gasteiger partial charge in [0.1, 0.15) is 11.3 Å². The zero-order chi connectivity index (χ0) is 11.0. The first-order valence-electron chi connectivity index (χ1n) is 6.04. The van der Waals surface area contributed by atoms with Crippen LogP contribution in [0, 0.1) is 6.92 Å². The van der Waals surface area contributed by atoms with E-state index in [1.807, 2.05) is 0 Å². The summed E-state index contributed by atoms with van der Waals surface area (Å²) in [5, 5.41) is 4.74. The van der Waals surface area contributed by atoms with Gasteiger partial charge in [0.2, 0.25) is 0 Å². The first-order valence-corrected chi connectivity index (χ1v) is 6.04. The first-order chi connectivity index (χ1) is 7.83. The molecule has 1 aliphatic rings. The van der Waals surface area contributed by atoms with Gasteiger partial charge in [-0.05, 0) is 31.4 Å². The Morgan fingerprint density at radius 1 is 1.38 bits per heavy atom. The zero-order valence-corrected chi connectivity index (χ0v) is 9.62. The predicted octanol–water partition coefficient (Wildman–Crippen LogP) is 3.38. The molecule has 0 saturated heterocycles. The Balaban J connectivity index is 1.79. The monoisotopic (exact) mass is 215 g/mol. The van der Waals surface area contributed by atoms with Crippen molar-refractivity contribution < 1.29 is 4.42 Å². The van der Waals surface area contributed by atoms with Crippen molar-refractivity contribution in [2.45, 2.75) is 38.8 Å². The lowest BCUT2D eigenvalue weighted by molar-refractivity contribution is 0.327. The van der Waals surface area contributed by atoms with Crippen LogP contribution in [0.25, 0.3) is 11.0 Å². The Bertz CT molecular complexity index is 496. The van der Waals surface area contributed by atoms with Gasteiger partial charge in [0, 0.05) is 11.4 Å². The molecule has 1 saturated carbocycles. The highest BCUT2D eigenvalue weighted by Gasteiger charge is 2.16. The Morgan fingerprint density at radius 2 is 2.25 bits per heavy atom.